The number of nitrogens with zero attached hydrogens (tertiary/aromatic N) is 3. The van der Waals surface area contributed by atoms with E-state index in [9.17, 15) is 4.79 Å². The largest absolute Gasteiger partial charge is 0.497 e. The Labute approximate surface area is 174 Å². The first-order chi connectivity index (χ1) is 13.9. The lowest BCUT2D eigenvalue weighted by molar-refractivity contribution is 0.0984. The Morgan fingerprint density at radius 2 is 1.59 bits per heavy atom. The first kappa shape index (κ1) is 20.9. The zero-order valence-electron chi connectivity index (χ0n) is 17.3. The first-order valence-corrected chi connectivity index (χ1v) is 9.91. The molecule has 0 radical (unpaired) electrons. The quantitative estimate of drug-likeness (QED) is 0.561. The molecule has 0 N–H and O–H groups in total. The lowest BCUT2D eigenvalue weighted by atomic mass is 10.1. The Kier molecular flexibility index (Phi) is 6.56. The van der Waals surface area contributed by atoms with Gasteiger partial charge in [-0.3, -0.25) is 9.69 Å². The molecule has 0 bridgehead atoms. The van der Waals surface area contributed by atoms with Crippen molar-refractivity contribution in [3.8, 4) is 17.2 Å². The number of carbonyl (C=O) groups is 1. The third-order valence-electron chi connectivity index (χ3n) is 4.43. The fraction of sp³-hybridized carbons (Fsp3) is 0.333. The van der Waals surface area contributed by atoms with E-state index in [4.69, 9.17) is 19.2 Å². The maximum atomic E-state index is 13.4. The SMILES string of the molecule is COc1cc(OC)cc(C(=O)N(CCN(C)C)c2nc3cc(OC)ccc3s2)c1. The number of thiazole rings is 1. The molecule has 1 heterocycles. The summed E-state index contributed by atoms with van der Waals surface area (Å²) in [6, 6.07) is 10.9. The Hall–Kier alpha value is -2.84. The van der Waals surface area contributed by atoms with Gasteiger partial charge in [-0.1, -0.05) is 11.3 Å². The van der Waals surface area contributed by atoms with Gasteiger partial charge in [-0.25, -0.2) is 4.98 Å². The molecular weight excluding hydrogens is 390 g/mol. The Balaban J connectivity index is 2.02. The van der Waals surface area contributed by atoms with E-state index in [1.54, 1.807) is 44.4 Å². The minimum absolute atomic E-state index is 0.157. The molecule has 0 saturated carbocycles. The molecule has 0 spiro atoms. The van der Waals surface area contributed by atoms with Crippen molar-refractivity contribution >= 4 is 32.6 Å². The number of benzene rings is 2. The number of rotatable bonds is 8. The summed E-state index contributed by atoms with van der Waals surface area (Å²) in [4.78, 5) is 21.9. The van der Waals surface area contributed by atoms with Gasteiger partial charge in [0.25, 0.3) is 5.91 Å². The molecule has 0 unspecified atom stereocenters. The van der Waals surface area contributed by atoms with E-state index >= 15 is 0 Å². The number of hydrogen-bond donors (Lipinski definition) is 0. The summed E-state index contributed by atoms with van der Waals surface area (Å²) < 4.78 is 16.9. The summed E-state index contributed by atoms with van der Waals surface area (Å²) >= 11 is 1.48. The standard InChI is InChI=1S/C21H25N3O4S/c1-23(2)8-9-24(20(25)14-10-16(27-4)12-17(11-14)28-5)21-22-18-13-15(26-3)6-7-19(18)29-21/h6-7,10-13H,8-9H2,1-5H3. The van der Waals surface area contributed by atoms with Crippen molar-refractivity contribution in [2.45, 2.75) is 0 Å². The van der Waals surface area contributed by atoms with Gasteiger partial charge in [0.1, 0.15) is 17.2 Å². The molecule has 0 saturated heterocycles. The predicted octanol–water partition coefficient (Wildman–Crippen LogP) is 3.53. The van der Waals surface area contributed by atoms with Crippen LogP contribution in [0.3, 0.4) is 0 Å². The molecule has 1 aromatic heterocycles. The van der Waals surface area contributed by atoms with E-state index in [-0.39, 0.29) is 5.91 Å². The van der Waals surface area contributed by atoms with Crippen LogP contribution in [0.15, 0.2) is 36.4 Å². The van der Waals surface area contributed by atoms with E-state index in [2.05, 4.69) is 0 Å². The molecule has 7 nitrogen and oxygen atoms in total. The molecule has 29 heavy (non-hydrogen) atoms. The number of fused-ring (bicyclic) bond motifs is 1. The predicted molar refractivity (Wildman–Crippen MR) is 116 cm³/mol. The Morgan fingerprint density at radius 1 is 0.931 bits per heavy atom. The van der Waals surface area contributed by atoms with Crippen molar-refractivity contribution in [3.63, 3.8) is 0 Å². The molecule has 8 heteroatoms. The van der Waals surface area contributed by atoms with Crippen LogP contribution in [0.2, 0.25) is 0 Å². The van der Waals surface area contributed by atoms with E-state index in [1.807, 2.05) is 37.2 Å². The number of hydrogen-bond acceptors (Lipinski definition) is 7. The molecular formula is C21H25N3O4S. The molecule has 3 aromatic rings. The minimum atomic E-state index is -0.157. The van der Waals surface area contributed by atoms with Crippen molar-refractivity contribution in [1.82, 2.24) is 9.88 Å². The highest BCUT2D eigenvalue weighted by Gasteiger charge is 2.23. The number of amides is 1. The molecule has 154 valence electrons. The molecule has 0 aliphatic rings. The third-order valence-corrected chi connectivity index (χ3v) is 5.49. The van der Waals surface area contributed by atoms with Crippen LogP contribution in [0, 0.1) is 0 Å². The second-order valence-corrected chi connectivity index (χ2v) is 7.70. The molecule has 0 fully saturated rings. The molecule has 0 aliphatic carbocycles. The zero-order valence-corrected chi connectivity index (χ0v) is 18.1. The van der Waals surface area contributed by atoms with Gasteiger partial charge in [0.05, 0.1) is 31.5 Å². The molecule has 1 amide bonds. The monoisotopic (exact) mass is 415 g/mol. The van der Waals surface area contributed by atoms with Crippen LogP contribution in [-0.4, -0.2) is 64.3 Å². The average Bonchev–Trinajstić information content (AvgIpc) is 3.15. The normalized spacial score (nSPS) is 11.0. The van der Waals surface area contributed by atoms with Crippen molar-refractivity contribution in [1.29, 1.82) is 0 Å². The van der Waals surface area contributed by atoms with Gasteiger partial charge >= 0.3 is 0 Å². The summed E-state index contributed by atoms with van der Waals surface area (Å²) in [6.07, 6.45) is 0. The Morgan fingerprint density at radius 3 is 2.17 bits per heavy atom. The number of carbonyl (C=O) groups excluding carboxylic acids is 1. The van der Waals surface area contributed by atoms with Crippen molar-refractivity contribution in [2.75, 3.05) is 53.4 Å². The zero-order chi connectivity index (χ0) is 21.0. The minimum Gasteiger partial charge on any atom is -0.497 e. The van der Waals surface area contributed by atoms with E-state index in [0.29, 0.717) is 35.3 Å². The van der Waals surface area contributed by atoms with Gasteiger partial charge < -0.3 is 19.1 Å². The summed E-state index contributed by atoms with van der Waals surface area (Å²) in [5.74, 6) is 1.71. The highest BCUT2D eigenvalue weighted by atomic mass is 32.1. The van der Waals surface area contributed by atoms with Gasteiger partial charge in [0.2, 0.25) is 0 Å². The van der Waals surface area contributed by atoms with Gasteiger partial charge in [-0.2, -0.15) is 0 Å². The van der Waals surface area contributed by atoms with Gasteiger partial charge in [-0.05, 0) is 38.4 Å². The van der Waals surface area contributed by atoms with Crippen LogP contribution in [0.5, 0.6) is 17.2 Å². The maximum absolute atomic E-state index is 13.4. The number of anilines is 1. The van der Waals surface area contributed by atoms with Crippen LogP contribution < -0.4 is 19.1 Å². The van der Waals surface area contributed by atoms with Crippen LogP contribution in [0.4, 0.5) is 5.13 Å². The van der Waals surface area contributed by atoms with Crippen molar-refractivity contribution < 1.29 is 19.0 Å². The lowest BCUT2D eigenvalue weighted by Crippen LogP contribution is -2.36. The number of methoxy groups -OCH3 is 3. The smallest absolute Gasteiger partial charge is 0.260 e. The van der Waals surface area contributed by atoms with Gasteiger partial charge in [0.15, 0.2) is 5.13 Å². The highest BCUT2D eigenvalue weighted by molar-refractivity contribution is 7.22. The number of aromatic nitrogens is 1. The molecule has 2 aromatic carbocycles. The van der Waals surface area contributed by atoms with E-state index < -0.39 is 0 Å². The molecule has 3 rings (SSSR count). The average molecular weight is 416 g/mol. The van der Waals surface area contributed by atoms with E-state index in [1.165, 1.54) is 11.3 Å². The molecule has 0 atom stereocenters. The third kappa shape index (κ3) is 4.78. The second-order valence-electron chi connectivity index (χ2n) is 6.69. The van der Waals surface area contributed by atoms with Crippen LogP contribution in [-0.2, 0) is 0 Å². The molecule has 0 aliphatic heterocycles. The Bertz CT molecular complexity index is 981. The van der Waals surface area contributed by atoms with Gasteiger partial charge in [-0.15, -0.1) is 0 Å². The lowest BCUT2D eigenvalue weighted by Gasteiger charge is -2.22. The van der Waals surface area contributed by atoms with Crippen molar-refractivity contribution in [2.24, 2.45) is 0 Å². The summed E-state index contributed by atoms with van der Waals surface area (Å²) in [5.41, 5.74) is 1.28. The summed E-state index contributed by atoms with van der Waals surface area (Å²) in [6.45, 7) is 1.20. The number of likely N-dealkylation sites (N-methyl/N-ethyl adjacent to an activating group) is 1. The van der Waals surface area contributed by atoms with Crippen LogP contribution in [0.1, 0.15) is 10.4 Å². The van der Waals surface area contributed by atoms with Gasteiger partial charge in [0, 0.05) is 30.8 Å². The topological polar surface area (TPSA) is 64.1 Å². The summed E-state index contributed by atoms with van der Waals surface area (Å²) in [5, 5.41) is 0.641. The van der Waals surface area contributed by atoms with E-state index in [0.717, 1.165) is 16.0 Å². The van der Waals surface area contributed by atoms with Crippen molar-refractivity contribution in [3.05, 3.63) is 42.0 Å². The first-order valence-electron chi connectivity index (χ1n) is 9.09. The van der Waals surface area contributed by atoms with Crippen LogP contribution >= 0.6 is 11.3 Å². The summed E-state index contributed by atoms with van der Waals surface area (Å²) in [7, 11) is 8.69. The van der Waals surface area contributed by atoms with Crippen LogP contribution in [0.25, 0.3) is 10.2 Å². The number of ether oxygens (including phenoxy) is 3. The fourth-order valence-electron chi connectivity index (χ4n) is 2.81. The maximum Gasteiger partial charge on any atom is 0.260 e. The highest BCUT2D eigenvalue weighted by Crippen LogP contribution is 2.32. The second kappa shape index (κ2) is 9.11. The fourth-order valence-corrected chi connectivity index (χ4v) is 3.78.